The van der Waals surface area contributed by atoms with Gasteiger partial charge >= 0.3 is 0 Å². The van der Waals surface area contributed by atoms with Gasteiger partial charge in [-0.15, -0.1) is 10.2 Å². The Labute approximate surface area is 159 Å². The third-order valence-electron chi connectivity index (χ3n) is 5.36. The van der Waals surface area contributed by atoms with Crippen LogP contribution < -0.4 is 4.90 Å². The summed E-state index contributed by atoms with van der Waals surface area (Å²) in [5.41, 5.74) is 2.96. The first-order chi connectivity index (χ1) is 13.2. The minimum absolute atomic E-state index is 0.127. The van der Waals surface area contributed by atoms with E-state index in [1.54, 1.807) is 0 Å². The highest BCUT2D eigenvalue weighted by atomic mass is 16.2. The molecule has 0 aliphatic carbocycles. The Morgan fingerprint density at radius 2 is 2.00 bits per heavy atom. The van der Waals surface area contributed by atoms with E-state index in [2.05, 4.69) is 15.1 Å². The SMILES string of the molecule is CCN(C(=O)CN1CCC[C@@H]1c1nnc2ccccn12)c1ccccc1C. The minimum Gasteiger partial charge on any atom is -0.311 e. The Balaban J connectivity index is 1.56. The first kappa shape index (κ1) is 17.7. The van der Waals surface area contributed by atoms with E-state index in [0.717, 1.165) is 42.1 Å². The minimum atomic E-state index is 0.127. The summed E-state index contributed by atoms with van der Waals surface area (Å²) in [5.74, 6) is 1.06. The van der Waals surface area contributed by atoms with Gasteiger partial charge in [0, 0.05) is 18.4 Å². The number of pyridine rings is 1. The molecular weight excluding hydrogens is 338 g/mol. The number of carbonyl (C=O) groups is 1. The molecule has 6 nitrogen and oxygen atoms in total. The molecule has 0 radical (unpaired) electrons. The number of aromatic nitrogens is 3. The van der Waals surface area contributed by atoms with E-state index in [9.17, 15) is 4.79 Å². The van der Waals surface area contributed by atoms with Gasteiger partial charge in [-0.25, -0.2) is 0 Å². The molecule has 1 amide bonds. The Bertz CT molecular complexity index is 950. The summed E-state index contributed by atoms with van der Waals surface area (Å²) in [6.45, 7) is 6.04. The molecule has 4 rings (SSSR count). The lowest BCUT2D eigenvalue weighted by Crippen LogP contribution is -2.40. The highest BCUT2D eigenvalue weighted by molar-refractivity contribution is 5.95. The lowest BCUT2D eigenvalue weighted by atomic mass is 10.1. The fourth-order valence-corrected chi connectivity index (χ4v) is 4.00. The molecule has 0 saturated carbocycles. The molecule has 3 heterocycles. The average molecular weight is 363 g/mol. The van der Waals surface area contributed by atoms with Crippen molar-refractivity contribution in [1.29, 1.82) is 0 Å². The van der Waals surface area contributed by atoms with Crippen LogP contribution in [0.1, 0.15) is 37.2 Å². The number of nitrogens with zero attached hydrogens (tertiary/aromatic N) is 5. The quantitative estimate of drug-likeness (QED) is 0.698. The molecule has 0 N–H and O–H groups in total. The summed E-state index contributed by atoms with van der Waals surface area (Å²) in [6, 6.07) is 14.1. The number of likely N-dealkylation sites (tertiary alicyclic amines) is 1. The standard InChI is InChI=1S/C21H25N5O/c1-3-25(17-10-5-4-9-16(17)2)20(27)15-24-13-8-11-18(24)21-23-22-19-12-6-7-14-26(19)21/h4-7,9-10,12,14,18H,3,8,11,13,15H2,1-2H3/t18-/m1/s1. The Morgan fingerprint density at radius 1 is 1.19 bits per heavy atom. The molecule has 3 aromatic rings. The van der Waals surface area contributed by atoms with E-state index >= 15 is 0 Å². The molecule has 1 atom stereocenters. The number of anilines is 1. The van der Waals surface area contributed by atoms with Crippen LogP contribution in [0.5, 0.6) is 0 Å². The van der Waals surface area contributed by atoms with Gasteiger partial charge in [0.15, 0.2) is 11.5 Å². The first-order valence-corrected chi connectivity index (χ1v) is 9.58. The Kier molecular flexibility index (Phi) is 4.90. The molecular formula is C21H25N5O. The Hall–Kier alpha value is -2.73. The number of rotatable bonds is 5. The zero-order chi connectivity index (χ0) is 18.8. The molecule has 0 bridgehead atoms. The maximum atomic E-state index is 13.1. The number of amides is 1. The van der Waals surface area contributed by atoms with Crippen molar-refractivity contribution in [3.05, 3.63) is 60.0 Å². The fraction of sp³-hybridized carbons (Fsp3) is 0.381. The molecule has 1 aliphatic rings. The summed E-state index contributed by atoms with van der Waals surface area (Å²) in [4.78, 5) is 17.2. The van der Waals surface area contributed by atoms with Gasteiger partial charge in [-0.2, -0.15) is 0 Å². The number of para-hydroxylation sites is 1. The second kappa shape index (κ2) is 7.48. The summed E-state index contributed by atoms with van der Waals surface area (Å²) in [6.07, 6.45) is 4.06. The summed E-state index contributed by atoms with van der Waals surface area (Å²) < 4.78 is 2.03. The van der Waals surface area contributed by atoms with Crippen LogP contribution in [0.15, 0.2) is 48.7 Å². The molecule has 2 aromatic heterocycles. The van der Waals surface area contributed by atoms with Crippen LogP contribution in [0.4, 0.5) is 5.69 Å². The fourth-order valence-electron chi connectivity index (χ4n) is 4.00. The molecule has 1 saturated heterocycles. The zero-order valence-electron chi connectivity index (χ0n) is 15.9. The Morgan fingerprint density at radius 3 is 2.81 bits per heavy atom. The monoisotopic (exact) mass is 363 g/mol. The van der Waals surface area contributed by atoms with Crippen LogP contribution in [-0.4, -0.2) is 45.0 Å². The number of aryl methyl sites for hydroxylation is 1. The number of benzene rings is 1. The summed E-state index contributed by atoms with van der Waals surface area (Å²) in [5, 5.41) is 8.70. The van der Waals surface area contributed by atoms with Gasteiger partial charge in [0.1, 0.15) is 0 Å². The van der Waals surface area contributed by atoms with E-state index in [-0.39, 0.29) is 11.9 Å². The molecule has 1 fully saturated rings. The smallest absolute Gasteiger partial charge is 0.241 e. The van der Waals surface area contributed by atoms with Crippen LogP contribution >= 0.6 is 0 Å². The van der Waals surface area contributed by atoms with Gasteiger partial charge in [0.05, 0.1) is 12.6 Å². The molecule has 1 aliphatic heterocycles. The maximum absolute atomic E-state index is 13.1. The third kappa shape index (κ3) is 3.32. The number of hydrogen-bond acceptors (Lipinski definition) is 4. The van der Waals surface area contributed by atoms with Gasteiger partial charge in [-0.3, -0.25) is 14.1 Å². The summed E-state index contributed by atoms with van der Waals surface area (Å²) in [7, 11) is 0. The zero-order valence-corrected chi connectivity index (χ0v) is 15.9. The van der Waals surface area contributed by atoms with Gasteiger partial charge in [0.2, 0.25) is 5.91 Å². The van der Waals surface area contributed by atoms with Crippen LogP contribution in [0, 0.1) is 6.92 Å². The predicted octanol–water partition coefficient (Wildman–Crippen LogP) is 3.23. The van der Waals surface area contributed by atoms with Crippen molar-refractivity contribution in [3.8, 4) is 0 Å². The van der Waals surface area contributed by atoms with Crippen molar-refractivity contribution in [2.75, 3.05) is 24.5 Å². The highest BCUT2D eigenvalue weighted by Crippen LogP contribution is 2.31. The van der Waals surface area contributed by atoms with Crippen molar-refractivity contribution in [3.63, 3.8) is 0 Å². The van der Waals surface area contributed by atoms with E-state index in [1.165, 1.54) is 0 Å². The topological polar surface area (TPSA) is 53.7 Å². The third-order valence-corrected chi connectivity index (χ3v) is 5.36. The van der Waals surface area contributed by atoms with E-state index in [4.69, 9.17) is 0 Å². The lowest BCUT2D eigenvalue weighted by molar-refractivity contribution is -0.120. The van der Waals surface area contributed by atoms with Crippen LogP contribution in [0.25, 0.3) is 5.65 Å². The van der Waals surface area contributed by atoms with Crippen molar-refractivity contribution in [2.45, 2.75) is 32.7 Å². The molecule has 0 unspecified atom stereocenters. The maximum Gasteiger partial charge on any atom is 0.241 e. The van der Waals surface area contributed by atoms with E-state index in [0.29, 0.717) is 13.1 Å². The second-order valence-electron chi connectivity index (χ2n) is 7.04. The van der Waals surface area contributed by atoms with Gasteiger partial charge < -0.3 is 4.90 Å². The normalized spacial score (nSPS) is 17.5. The highest BCUT2D eigenvalue weighted by Gasteiger charge is 2.32. The van der Waals surface area contributed by atoms with Crippen molar-refractivity contribution in [1.82, 2.24) is 19.5 Å². The molecule has 6 heteroatoms. The van der Waals surface area contributed by atoms with Crippen LogP contribution in [0.2, 0.25) is 0 Å². The van der Waals surface area contributed by atoms with E-state index < -0.39 is 0 Å². The second-order valence-corrected chi connectivity index (χ2v) is 7.04. The number of hydrogen-bond donors (Lipinski definition) is 0. The molecule has 27 heavy (non-hydrogen) atoms. The van der Waals surface area contributed by atoms with Gasteiger partial charge in [0.25, 0.3) is 0 Å². The van der Waals surface area contributed by atoms with Crippen LogP contribution in [-0.2, 0) is 4.79 Å². The van der Waals surface area contributed by atoms with Crippen molar-refractivity contribution >= 4 is 17.2 Å². The molecule has 0 spiro atoms. The largest absolute Gasteiger partial charge is 0.311 e. The van der Waals surface area contributed by atoms with Gasteiger partial charge in [-0.05, 0) is 57.0 Å². The predicted molar refractivity (Wildman–Crippen MR) is 106 cm³/mol. The number of likely N-dealkylation sites (N-methyl/N-ethyl adjacent to an activating group) is 1. The van der Waals surface area contributed by atoms with Gasteiger partial charge in [-0.1, -0.05) is 24.3 Å². The first-order valence-electron chi connectivity index (χ1n) is 9.58. The van der Waals surface area contributed by atoms with E-state index in [1.807, 2.05) is 71.8 Å². The summed E-state index contributed by atoms with van der Waals surface area (Å²) >= 11 is 0. The van der Waals surface area contributed by atoms with Crippen LogP contribution in [0.3, 0.4) is 0 Å². The lowest BCUT2D eigenvalue weighted by Gasteiger charge is -2.28. The molecule has 1 aromatic carbocycles. The average Bonchev–Trinajstić information content (AvgIpc) is 3.30. The molecule has 140 valence electrons. The number of fused-ring (bicyclic) bond motifs is 1. The van der Waals surface area contributed by atoms with Crippen molar-refractivity contribution < 1.29 is 4.79 Å². The number of carbonyl (C=O) groups excluding carboxylic acids is 1. The van der Waals surface area contributed by atoms with Crippen molar-refractivity contribution in [2.24, 2.45) is 0 Å².